The molecule has 0 amide bonds. The number of aromatic nitrogens is 2. The molecule has 16 heavy (non-hydrogen) atoms. The summed E-state index contributed by atoms with van der Waals surface area (Å²) < 4.78 is 0. The first-order chi connectivity index (χ1) is 7.77. The molecule has 2 aromatic rings. The van der Waals surface area contributed by atoms with Crippen molar-refractivity contribution in [3.8, 4) is 0 Å². The van der Waals surface area contributed by atoms with Crippen LogP contribution in [-0.2, 0) is 0 Å². The van der Waals surface area contributed by atoms with Crippen LogP contribution < -0.4 is 0 Å². The number of rotatable bonds is 4. The standard InChI is InChI=1S/C11H8N2O2S/c14-8(10-3-1-6-16-10)7-9(15)11-12-4-2-5-13-11/h1-6H,7H2. The summed E-state index contributed by atoms with van der Waals surface area (Å²) in [6.45, 7) is 0. The molecule has 0 bridgehead atoms. The van der Waals surface area contributed by atoms with Gasteiger partial charge in [-0.2, -0.15) is 0 Å². The third kappa shape index (κ3) is 2.38. The van der Waals surface area contributed by atoms with E-state index in [0.29, 0.717) is 4.88 Å². The summed E-state index contributed by atoms with van der Waals surface area (Å²) in [7, 11) is 0. The molecule has 0 saturated carbocycles. The highest BCUT2D eigenvalue weighted by molar-refractivity contribution is 7.12. The van der Waals surface area contributed by atoms with Gasteiger partial charge in [-0.05, 0) is 17.5 Å². The molecule has 0 atom stereocenters. The highest BCUT2D eigenvalue weighted by Gasteiger charge is 2.15. The average molecular weight is 232 g/mol. The Bertz CT molecular complexity index is 494. The van der Waals surface area contributed by atoms with Crippen LogP contribution in [0.2, 0.25) is 0 Å². The lowest BCUT2D eigenvalue weighted by Crippen LogP contribution is -2.10. The number of hydrogen-bond donors (Lipinski definition) is 0. The van der Waals surface area contributed by atoms with E-state index >= 15 is 0 Å². The van der Waals surface area contributed by atoms with Crippen molar-refractivity contribution >= 4 is 22.9 Å². The first-order valence-corrected chi connectivity index (χ1v) is 5.52. The molecule has 0 aliphatic heterocycles. The minimum Gasteiger partial charge on any atom is -0.293 e. The Balaban J connectivity index is 2.06. The van der Waals surface area contributed by atoms with E-state index in [4.69, 9.17) is 0 Å². The molecule has 0 aromatic carbocycles. The third-order valence-corrected chi connectivity index (χ3v) is 2.84. The number of nitrogens with zero attached hydrogens (tertiary/aromatic N) is 2. The number of Topliss-reactive ketones (excluding diaryl/α,β-unsaturated/α-hetero) is 2. The van der Waals surface area contributed by atoms with Crippen molar-refractivity contribution in [2.24, 2.45) is 0 Å². The van der Waals surface area contributed by atoms with Crippen molar-refractivity contribution < 1.29 is 9.59 Å². The number of hydrogen-bond acceptors (Lipinski definition) is 5. The maximum Gasteiger partial charge on any atom is 0.207 e. The highest BCUT2D eigenvalue weighted by atomic mass is 32.1. The molecule has 2 aromatic heterocycles. The highest BCUT2D eigenvalue weighted by Crippen LogP contribution is 2.12. The Hall–Kier alpha value is -1.88. The molecule has 0 spiro atoms. The van der Waals surface area contributed by atoms with Gasteiger partial charge in [0.2, 0.25) is 5.78 Å². The normalized spacial score (nSPS) is 10.0. The lowest BCUT2D eigenvalue weighted by Gasteiger charge is -1.96. The van der Waals surface area contributed by atoms with Gasteiger partial charge < -0.3 is 0 Å². The second-order valence-corrected chi connectivity index (χ2v) is 4.02. The van der Waals surface area contributed by atoms with Gasteiger partial charge in [0.15, 0.2) is 11.6 Å². The van der Waals surface area contributed by atoms with Crippen molar-refractivity contribution in [2.75, 3.05) is 0 Å². The van der Waals surface area contributed by atoms with Crippen molar-refractivity contribution in [3.05, 3.63) is 46.7 Å². The molecule has 2 heterocycles. The van der Waals surface area contributed by atoms with Crippen LogP contribution in [0.3, 0.4) is 0 Å². The summed E-state index contributed by atoms with van der Waals surface area (Å²) in [5, 5.41) is 1.80. The van der Waals surface area contributed by atoms with Crippen LogP contribution in [0.1, 0.15) is 26.7 Å². The smallest absolute Gasteiger partial charge is 0.207 e. The van der Waals surface area contributed by atoms with Gasteiger partial charge in [0, 0.05) is 12.4 Å². The zero-order chi connectivity index (χ0) is 11.4. The predicted octanol–water partition coefficient (Wildman–Crippen LogP) is 1.99. The maximum atomic E-state index is 11.6. The molecule has 0 unspecified atom stereocenters. The summed E-state index contributed by atoms with van der Waals surface area (Å²) in [5.74, 6) is -0.446. The summed E-state index contributed by atoms with van der Waals surface area (Å²) in [6, 6.07) is 5.10. The first-order valence-electron chi connectivity index (χ1n) is 4.64. The van der Waals surface area contributed by atoms with Gasteiger partial charge in [-0.25, -0.2) is 9.97 Å². The van der Waals surface area contributed by atoms with E-state index in [1.807, 2.05) is 0 Å². The zero-order valence-corrected chi connectivity index (χ0v) is 9.11. The maximum absolute atomic E-state index is 11.6. The van der Waals surface area contributed by atoms with Crippen LogP contribution >= 0.6 is 11.3 Å². The molecule has 0 aliphatic carbocycles. The summed E-state index contributed by atoms with van der Waals surface area (Å²) in [6.07, 6.45) is 2.79. The van der Waals surface area contributed by atoms with Gasteiger partial charge in [0.05, 0.1) is 11.3 Å². The Labute approximate surface area is 96.0 Å². The van der Waals surface area contributed by atoms with Gasteiger partial charge >= 0.3 is 0 Å². The van der Waals surface area contributed by atoms with Gasteiger partial charge in [-0.1, -0.05) is 6.07 Å². The third-order valence-electron chi connectivity index (χ3n) is 1.93. The van der Waals surface area contributed by atoms with Crippen LogP contribution in [0.5, 0.6) is 0 Å². The van der Waals surface area contributed by atoms with E-state index in [9.17, 15) is 9.59 Å². The lowest BCUT2D eigenvalue weighted by molar-refractivity contribution is 0.0890. The van der Waals surface area contributed by atoms with Crippen molar-refractivity contribution in [1.29, 1.82) is 0 Å². The molecule has 0 fully saturated rings. The Morgan fingerprint density at radius 1 is 1.12 bits per heavy atom. The molecule has 0 aliphatic rings. The lowest BCUT2D eigenvalue weighted by atomic mass is 10.1. The molecular formula is C11H8N2O2S. The zero-order valence-electron chi connectivity index (χ0n) is 8.29. The van der Waals surface area contributed by atoms with E-state index in [2.05, 4.69) is 9.97 Å². The van der Waals surface area contributed by atoms with Gasteiger partial charge in [-0.3, -0.25) is 9.59 Å². The van der Waals surface area contributed by atoms with Crippen molar-refractivity contribution in [2.45, 2.75) is 6.42 Å². The van der Waals surface area contributed by atoms with Gasteiger partial charge in [-0.15, -0.1) is 11.3 Å². The second-order valence-electron chi connectivity index (χ2n) is 3.07. The number of thiophene rings is 1. The number of carbonyl (C=O) groups is 2. The van der Waals surface area contributed by atoms with Crippen LogP contribution in [0.25, 0.3) is 0 Å². The fraction of sp³-hybridized carbons (Fsp3) is 0.0909. The van der Waals surface area contributed by atoms with Crippen LogP contribution in [0.15, 0.2) is 36.0 Å². The van der Waals surface area contributed by atoms with Crippen LogP contribution in [-0.4, -0.2) is 21.5 Å². The number of carbonyl (C=O) groups excluding carboxylic acids is 2. The first kappa shape index (κ1) is 10.6. The van der Waals surface area contributed by atoms with E-state index < -0.39 is 0 Å². The fourth-order valence-corrected chi connectivity index (χ4v) is 1.86. The molecular weight excluding hydrogens is 224 g/mol. The van der Waals surface area contributed by atoms with E-state index in [1.165, 1.54) is 23.7 Å². The van der Waals surface area contributed by atoms with Crippen molar-refractivity contribution in [1.82, 2.24) is 9.97 Å². The van der Waals surface area contributed by atoms with E-state index in [1.54, 1.807) is 23.6 Å². The monoisotopic (exact) mass is 232 g/mol. The molecule has 0 radical (unpaired) electrons. The SMILES string of the molecule is O=C(CC(=O)c1cccs1)c1ncccn1. The molecule has 4 nitrogen and oxygen atoms in total. The quantitative estimate of drug-likeness (QED) is 0.597. The fourth-order valence-electron chi connectivity index (χ4n) is 1.19. The molecule has 2 rings (SSSR count). The van der Waals surface area contributed by atoms with Crippen LogP contribution in [0, 0.1) is 0 Å². The molecule has 0 saturated heterocycles. The Morgan fingerprint density at radius 3 is 2.50 bits per heavy atom. The molecule has 5 heteroatoms. The summed E-state index contributed by atoms with van der Waals surface area (Å²) in [4.78, 5) is 31.4. The minimum absolute atomic E-state index is 0.0902. The van der Waals surface area contributed by atoms with E-state index in [-0.39, 0.29) is 23.8 Å². The second kappa shape index (κ2) is 4.76. The van der Waals surface area contributed by atoms with E-state index in [0.717, 1.165) is 0 Å². The Kier molecular flexibility index (Phi) is 3.16. The van der Waals surface area contributed by atoms with Crippen molar-refractivity contribution in [3.63, 3.8) is 0 Å². The number of ketones is 2. The van der Waals surface area contributed by atoms with Gasteiger partial charge in [0.25, 0.3) is 0 Å². The molecule has 80 valence electrons. The van der Waals surface area contributed by atoms with Gasteiger partial charge in [0.1, 0.15) is 0 Å². The predicted molar refractivity (Wildman–Crippen MR) is 59.6 cm³/mol. The summed E-state index contributed by atoms with van der Waals surface area (Å²) in [5.41, 5.74) is 0. The topological polar surface area (TPSA) is 59.9 Å². The largest absolute Gasteiger partial charge is 0.293 e. The summed E-state index contributed by atoms with van der Waals surface area (Å²) >= 11 is 1.33. The minimum atomic E-state index is -0.348. The van der Waals surface area contributed by atoms with Crippen LogP contribution in [0.4, 0.5) is 0 Å². The Morgan fingerprint density at radius 2 is 1.88 bits per heavy atom. The average Bonchev–Trinajstić information content (AvgIpc) is 2.83. The molecule has 0 N–H and O–H groups in total.